The quantitative estimate of drug-likeness (QED) is 0.800. The number of carbonyl (C=O) groups excluding carboxylic acids is 2. The van der Waals surface area contributed by atoms with Crippen LogP contribution >= 0.6 is 0 Å². The Labute approximate surface area is 165 Å². The van der Waals surface area contributed by atoms with E-state index in [9.17, 15) is 9.59 Å². The summed E-state index contributed by atoms with van der Waals surface area (Å²) in [6, 6.07) is 0. The minimum atomic E-state index is -0.321. The molecular weight excluding hydrogens is 352 g/mol. The van der Waals surface area contributed by atoms with Crippen LogP contribution in [0, 0.1) is 23.7 Å². The van der Waals surface area contributed by atoms with Crippen molar-refractivity contribution in [3.8, 4) is 0 Å². The first-order valence-electron chi connectivity index (χ1n) is 11.0. The van der Waals surface area contributed by atoms with Crippen molar-refractivity contribution in [2.45, 2.75) is 50.5 Å². The summed E-state index contributed by atoms with van der Waals surface area (Å²) in [5, 5.41) is 0. The topological polar surface area (TPSA) is 69.3 Å². The second-order valence-corrected chi connectivity index (χ2v) is 9.49. The fourth-order valence-electron chi connectivity index (χ4n) is 6.25. The maximum atomic E-state index is 13.2. The standard InChI is InChI=1S/C22H28N4O2/c27-20(15-3-4-15)26-8-5-18-19(24-13-23-18)22(26)6-9-25(10-7-22)21(28)17-12-14-1-2-16(17)11-14/h1-2,13-17H,3-12H2,(H,23,24)/t14-,16+,17+/m0/s1. The minimum absolute atomic E-state index is 0.181. The van der Waals surface area contributed by atoms with Crippen LogP contribution in [0.1, 0.15) is 49.9 Å². The van der Waals surface area contributed by atoms with Gasteiger partial charge in [0.15, 0.2) is 0 Å². The Morgan fingerprint density at radius 2 is 1.89 bits per heavy atom. The molecule has 5 aliphatic rings. The van der Waals surface area contributed by atoms with Crippen molar-refractivity contribution in [3.63, 3.8) is 0 Å². The Morgan fingerprint density at radius 3 is 2.57 bits per heavy atom. The molecule has 6 rings (SSSR count). The van der Waals surface area contributed by atoms with Crippen LogP contribution in [0.4, 0.5) is 0 Å². The molecule has 28 heavy (non-hydrogen) atoms. The second kappa shape index (κ2) is 5.94. The predicted octanol–water partition coefficient (Wildman–Crippen LogP) is 2.23. The van der Waals surface area contributed by atoms with Crippen LogP contribution in [0.25, 0.3) is 0 Å². The molecule has 3 atom stereocenters. The van der Waals surface area contributed by atoms with Crippen molar-refractivity contribution < 1.29 is 9.59 Å². The molecule has 2 amide bonds. The Kier molecular flexibility index (Phi) is 3.57. The number of nitrogens with zero attached hydrogens (tertiary/aromatic N) is 3. The molecule has 148 valence electrons. The first-order valence-corrected chi connectivity index (χ1v) is 11.0. The largest absolute Gasteiger partial charge is 0.348 e. The summed E-state index contributed by atoms with van der Waals surface area (Å²) in [6.07, 6.45) is 13.1. The molecule has 2 bridgehead atoms. The predicted molar refractivity (Wildman–Crippen MR) is 103 cm³/mol. The van der Waals surface area contributed by atoms with E-state index in [1.54, 1.807) is 6.33 Å². The van der Waals surface area contributed by atoms with Crippen LogP contribution in [-0.4, -0.2) is 51.2 Å². The van der Waals surface area contributed by atoms with E-state index in [0.29, 0.717) is 23.7 Å². The third-order valence-electron chi connectivity index (χ3n) is 7.95. The van der Waals surface area contributed by atoms with Crippen LogP contribution < -0.4 is 0 Å². The summed E-state index contributed by atoms with van der Waals surface area (Å²) in [5.74, 6) is 2.12. The highest BCUT2D eigenvalue weighted by Crippen LogP contribution is 2.47. The molecule has 1 aromatic heterocycles. The minimum Gasteiger partial charge on any atom is -0.348 e. The number of fused-ring (bicyclic) bond motifs is 4. The Hall–Kier alpha value is -2.11. The van der Waals surface area contributed by atoms with Crippen molar-refractivity contribution in [1.29, 1.82) is 0 Å². The number of hydrogen-bond acceptors (Lipinski definition) is 3. The lowest BCUT2D eigenvalue weighted by Crippen LogP contribution is -2.59. The lowest BCUT2D eigenvalue weighted by Gasteiger charge is -2.51. The number of allylic oxidation sites excluding steroid dienone is 2. The zero-order valence-corrected chi connectivity index (χ0v) is 16.3. The molecule has 3 heterocycles. The molecule has 2 saturated carbocycles. The summed E-state index contributed by atoms with van der Waals surface area (Å²) in [4.78, 5) is 38.4. The number of amides is 2. The van der Waals surface area contributed by atoms with Crippen molar-refractivity contribution >= 4 is 11.8 Å². The van der Waals surface area contributed by atoms with Crippen molar-refractivity contribution in [2.75, 3.05) is 19.6 Å². The van der Waals surface area contributed by atoms with E-state index in [-0.39, 0.29) is 17.4 Å². The zero-order chi connectivity index (χ0) is 18.9. The fourth-order valence-corrected chi connectivity index (χ4v) is 6.25. The number of carbonyl (C=O) groups is 2. The highest BCUT2D eigenvalue weighted by atomic mass is 16.2. The van der Waals surface area contributed by atoms with Gasteiger partial charge in [0.25, 0.3) is 0 Å². The van der Waals surface area contributed by atoms with Crippen LogP contribution in [-0.2, 0) is 21.5 Å². The summed E-state index contributed by atoms with van der Waals surface area (Å²) >= 11 is 0. The number of piperidine rings is 1. The van der Waals surface area contributed by atoms with Gasteiger partial charge in [0.05, 0.1) is 17.6 Å². The summed E-state index contributed by atoms with van der Waals surface area (Å²) in [7, 11) is 0. The number of aromatic nitrogens is 2. The van der Waals surface area contributed by atoms with Crippen molar-refractivity contribution in [2.24, 2.45) is 23.7 Å². The molecule has 0 aromatic carbocycles. The SMILES string of the molecule is O=C([C@@H]1C[C@H]2C=C[C@@H]1C2)N1CCC2(CC1)c1nc[nH]c1CCN2C(=O)C1CC1. The summed E-state index contributed by atoms with van der Waals surface area (Å²) in [6.45, 7) is 2.24. The van der Waals surface area contributed by atoms with Crippen molar-refractivity contribution in [1.82, 2.24) is 19.8 Å². The van der Waals surface area contributed by atoms with Crippen LogP contribution in [0.5, 0.6) is 0 Å². The van der Waals surface area contributed by atoms with Gasteiger partial charge in [0.1, 0.15) is 0 Å². The van der Waals surface area contributed by atoms with E-state index in [2.05, 4.69) is 31.9 Å². The first kappa shape index (κ1) is 16.8. The van der Waals surface area contributed by atoms with Crippen LogP contribution in [0.15, 0.2) is 18.5 Å². The van der Waals surface area contributed by atoms with Gasteiger partial charge in [-0.3, -0.25) is 9.59 Å². The molecular formula is C22H28N4O2. The lowest BCUT2D eigenvalue weighted by molar-refractivity contribution is -0.147. The highest BCUT2D eigenvalue weighted by molar-refractivity contribution is 5.83. The van der Waals surface area contributed by atoms with E-state index in [0.717, 1.165) is 70.3 Å². The third-order valence-corrected chi connectivity index (χ3v) is 7.95. The Balaban J connectivity index is 1.24. The molecule has 3 fully saturated rings. The van der Waals surface area contributed by atoms with Gasteiger partial charge in [-0.15, -0.1) is 0 Å². The molecule has 1 aromatic rings. The monoisotopic (exact) mass is 380 g/mol. The molecule has 0 unspecified atom stereocenters. The van der Waals surface area contributed by atoms with E-state index < -0.39 is 0 Å². The van der Waals surface area contributed by atoms with Gasteiger partial charge in [-0.1, -0.05) is 12.2 Å². The van der Waals surface area contributed by atoms with E-state index in [4.69, 9.17) is 0 Å². The van der Waals surface area contributed by atoms with Gasteiger partial charge in [-0.05, 0) is 50.4 Å². The Morgan fingerprint density at radius 1 is 1.07 bits per heavy atom. The Bertz CT molecular complexity index is 846. The average molecular weight is 380 g/mol. The van der Waals surface area contributed by atoms with Crippen LogP contribution in [0.3, 0.4) is 0 Å². The smallest absolute Gasteiger partial charge is 0.226 e. The van der Waals surface area contributed by atoms with Crippen LogP contribution in [0.2, 0.25) is 0 Å². The van der Waals surface area contributed by atoms with Gasteiger partial charge in [0.2, 0.25) is 11.8 Å². The zero-order valence-electron chi connectivity index (χ0n) is 16.3. The van der Waals surface area contributed by atoms with Gasteiger partial charge in [-0.25, -0.2) is 4.98 Å². The summed E-state index contributed by atoms with van der Waals surface area (Å²) in [5.41, 5.74) is 1.92. The first-order chi connectivity index (χ1) is 13.7. The number of likely N-dealkylation sites (tertiary alicyclic amines) is 1. The van der Waals surface area contributed by atoms with Gasteiger partial charge in [0, 0.05) is 43.6 Å². The van der Waals surface area contributed by atoms with Gasteiger partial charge >= 0.3 is 0 Å². The van der Waals surface area contributed by atoms with E-state index >= 15 is 0 Å². The third kappa shape index (κ3) is 2.36. The maximum absolute atomic E-state index is 13.2. The van der Waals surface area contributed by atoms with E-state index in [1.807, 2.05) is 0 Å². The lowest BCUT2D eigenvalue weighted by atomic mass is 9.78. The molecule has 6 heteroatoms. The fraction of sp³-hybridized carbons (Fsp3) is 0.682. The number of nitrogens with one attached hydrogen (secondary N) is 1. The normalized spacial score (nSPS) is 32.8. The number of hydrogen-bond donors (Lipinski definition) is 1. The number of imidazole rings is 1. The maximum Gasteiger partial charge on any atom is 0.226 e. The van der Waals surface area contributed by atoms with Gasteiger partial charge in [-0.2, -0.15) is 0 Å². The average Bonchev–Trinajstić information content (AvgIpc) is 3.12. The summed E-state index contributed by atoms with van der Waals surface area (Å²) < 4.78 is 0. The molecule has 2 aliphatic heterocycles. The molecule has 0 radical (unpaired) electrons. The number of aromatic amines is 1. The molecule has 1 spiro atoms. The van der Waals surface area contributed by atoms with Crippen molar-refractivity contribution in [3.05, 3.63) is 29.9 Å². The highest BCUT2D eigenvalue weighted by Gasteiger charge is 2.52. The number of H-pyrrole nitrogens is 1. The number of rotatable bonds is 2. The van der Waals surface area contributed by atoms with Gasteiger partial charge < -0.3 is 14.8 Å². The molecule has 1 saturated heterocycles. The van der Waals surface area contributed by atoms with E-state index in [1.165, 1.54) is 5.69 Å². The molecule has 3 aliphatic carbocycles. The molecule has 6 nitrogen and oxygen atoms in total. The second-order valence-electron chi connectivity index (χ2n) is 9.49. The molecule has 1 N–H and O–H groups in total.